The summed E-state index contributed by atoms with van der Waals surface area (Å²) in [6.07, 6.45) is 1.77. The van der Waals surface area contributed by atoms with E-state index in [9.17, 15) is 0 Å². The fourth-order valence-electron chi connectivity index (χ4n) is 1.83. The summed E-state index contributed by atoms with van der Waals surface area (Å²) < 4.78 is 0. The molecular weight excluding hydrogens is 446 g/mol. The molecule has 2 aromatic rings. The lowest BCUT2D eigenvalue weighted by atomic mass is 10.2. The van der Waals surface area contributed by atoms with Crippen LogP contribution >= 0.6 is 47.2 Å². The highest BCUT2D eigenvalue weighted by atomic mass is 127. The van der Waals surface area contributed by atoms with Crippen LogP contribution in [-0.4, -0.2) is 17.5 Å². The van der Waals surface area contributed by atoms with Gasteiger partial charge in [0.1, 0.15) is 0 Å². The van der Waals surface area contributed by atoms with Gasteiger partial charge in [0.25, 0.3) is 0 Å². The topological polar surface area (TPSA) is 49.3 Å². The lowest BCUT2D eigenvalue weighted by Crippen LogP contribution is -2.37. The van der Waals surface area contributed by atoms with Gasteiger partial charge in [-0.05, 0) is 36.8 Å². The van der Waals surface area contributed by atoms with Crippen molar-refractivity contribution < 1.29 is 0 Å². The first kappa shape index (κ1) is 20.0. The molecule has 0 bridgehead atoms. The SMILES string of the molecule is CCNC(=NCc1ccc(Cl)cc1Cl)NCc1ccccn1.I. The van der Waals surface area contributed by atoms with Gasteiger partial charge in [-0.1, -0.05) is 35.3 Å². The molecule has 7 heteroatoms. The van der Waals surface area contributed by atoms with Crippen molar-refractivity contribution in [2.45, 2.75) is 20.0 Å². The molecule has 0 amide bonds. The Morgan fingerprint density at radius 1 is 1.17 bits per heavy atom. The van der Waals surface area contributed by atoms with Gasteiger partial charge in [0.15, 0.2) is 5.96 Å². The molecular formula is C16H19Cl2IN4. The number of nitrogens with one attached hydrogen (secondary N) is 2. The quantitative estimate of drug-likeness (QED) is 0.395. The van der Waals surface area contributed by atoms with E-state index in [1.54, 1.807) is 12.3 Å². The molecule has 0 saturated carbocycles. The first-order chi connectivity index (χ1) is 10.7. The molecule has 4 nitrogen and oxygen atoms in total. The summed E-state index contributed by atoms with van der Waals surface area (Å²) in [5.41, 5.74) is 1.89. The number of pyridine rings is 1. The summed E-state index contributed by atoms with van der Waals surface area (Å²) in [5, 5.41) is 7.69. The Hall–Kier alpha value is -1.05. The molecule has 1 aromatic heterocycles. The molecule has 0 fully saturated rings. The Morgan fingerprint density at radius 2 is 2.00 bits per heavy atom. The third-order valence-electron chi connectivity index (χ3n) is 2.93. The second-order valence-electron chi connectivity index (χ2n) is 4.61. The third kappa shape index (κ3) is 6.93. The number of guanidine groups is 1. The number of aliphatic imine (C=N–C) groups is 1. The molecule has 1 aromatic carbocycles. The van der Waals surface area contributed by atoms with E-state index in [4.69, 9.17) is 23.2 Å². The Morgan fingerprint density at radius 3 is 2.65 bits per heavy atom. The van der Waals surface area contributed by atoms with Crippen LogP contribution in [-0.2, 0) is 13.1 Å². The van der Waals surface area contributed by atoms with Crippen molar-refractivity contribution in [3.8, 4) is 0 Å². The lowest BCUT2D eigenvalue weighted by Gasteiger charge is -2.11. The second kappa shape index (κ2) is 10.7. The third-order valence-corrected chi connectivity index (χ3v) is 3.52. The summed E-state index contributed by atoms with van der Waals surface area (Å²) in [4.78, 5) is 8.80. The van der Waals surface area contributed by atoms with E-state index in [0.29, 0.717) is 23.1 Å². The van der Waals surface area contributed by atoms with Gasteiger partial charge in [0, 0.05) is 22.8 Å². The summed E-state index contributed by atoms with van der Waals surface area (Å²) in [6, 6.07) is 11.2. The van der Waals surface area contributed by atoms with Crippen LogP contribution in [0.25, 0.3) is 0 Å². The molecule has 2 N–H and O–H groups in total. The molecule has 23 heavy (non-hydrogen) atoms. The molecule has 0 saturated heterocycles. The highest BCUT2D eigenvalue weighted by Crippen LogP contribution is 2.21. The Kier molecular flexibility index (Phi) is 9.28. The predicted molar refractivity (Wildman–Crippen MR) is 108 cm³/mol. The second-order valence-corrected chi connectivity index (χ2v) is 5.45. The van der Waals surface area contributed by atoms with E-state index in [2.05, 4.69) is 20.6 Å². The summed E-state index contributed by atoms with van der Waals surface area (Å²) in [7, 11) is 0. The number of hydrogen-bond donors (Lipinski definition) is 2. The van der Waals surface area contributed by atoms with E-state index < -0.39 is 0 Å². The van der Waals surface area contributed by atoms with Gasteiger partial charge in [-0.2, -0.15) is 0 Å². The number of halogens is 3. The van der Waals surface area contributed by atoms with E-state index in [1.807, 2.05) is 37.3 Å². The highest BCUT2D eigenvalue weighted by molar-refractivity contribution is 14.0. The molecule has 0 aliphatic carbocycles. The van der Waals surface area contributed by atoms with E-state index >= 15 is 0 Å². The van der Waals surface area contributed by atoms with Gasteiger partial charge < -0.3 is 10.6 Å². The first-order valence-corrected chi connectivity index (χ1v) is 7.80. The fraction of sp³-hybridized carbons (Fsp3) is 0.250. The monoisotopic (exact) mass is 464 g/mol. The minimum absolute atomic E-state index is 0. The van der Waals surface area contributed by atoms with Crippen molar-refractivity contribution in [2.75, 3.05) is 6.54 Å². The highest BCUT2D eigenvalue weighted by Gasteiger charge is 2.02. The van der Waals surface area contributed by atoms with E-state index in [-0.39, 0.29) is 24.0 Å². The molecule has 0 atom stereocenters. The van der Waals surface area contributed by atoms with Crippen LogP contribution in [0, 0.1) is 0 Å². The lowest BCUT2D eigenvalue weighted by molar-refractivity contribution is 0.799. The molecule has 0 radical (unpaired) electrons. The van der Waals surface area contributed by atoms with Crippen molar-refractivity contribution in [1.29, 1.82) is 0 Å². The molecule has 2 rings (SSSR count). The van der Waals surface area contributed by atoms with Crippen LogP contribution in [0.15, 0.2) is 47.6 Å². The average molecular weight is 465 g/mol. The van der Waals surface area contributed by atoms with Gasteiger partial charge in [-0.15, -0.1) is 24.0 Å². The zero-order chi connectivity index (χ0) is 15.8. The van der Waals surface area contributed by atoms with Gasteiger partial charge in [-0.25, -0.2) is 4.99 Å². The molecule has 1 heterocycles. The van der Waals surface area contributed by atoms with Crippen LogP contribution in [0.3, 0.4) is 0 Å². The van der Waals surface area contributed by atoms with Crippen LogP contribution in [0.2, 0.25) is 10.0 Å². The Balaban J connectivity index is 0.00000264. The van der Waals surface area contributed by atoms with E-state index in [0.717, 1.165) is 23.8 Å². The van der Waals surface area contributed by atoms with E-state index in [1.165, 1.54) is 0 Å². The normalized spacial score (nSPS) is 10.8. The summed E-state index contributed by atoms with van der Waals surface area (Å²) in [6.45, 7) is 3.89. The smallest absolute Gasteiger partial charge is 0.191 e. The number of rotatable bonds is 5. The zero-order valence-electron chi connectivity index (χ0n) is 12.7. The summed E-state index contributed by atoms with van der Waals surface area (Å²) >= 11 is 12.1. The first-order valence-electron chi connectivity index (χ1n) is 7.05. The van der Waals surface area contributed by atoms with Crippen LogP contribution in [0.4, 0.5) is 0 Å². The fourth-order valence-corrected chi connectivity index (χ4v) is 2.30. The Bertz CT molecular complexity index is 635. The molecule has 0 unspecified atom stereocenters. The van der Waals surface area contributed by atoms with Crippen LogP contribution < -0.4 is 10.6 Å². The van der Waals surface area contributed by atoms with Crippen molar-refractivity contribution in [3.63, 3.8) is 0 Å². The van der Waals surface area contributed by atoms with Gasteiger partial charge in [-0.3, -0.25) is 4.98 Å². The largest absolute Gasteiger partial charge is 0.357 e. The number of nitrogens with zero attached hydrogens (tertiary/aromatic N) is 2. The number of aromatic nitrogens is 1. The minimum atomic E-state index is 0. The molecule has 0 aliphatic heterocycles. The molecule has 124 valence electrons. The summed E-state index contributed by atoms with van der Waals surface area (Å²) in [5.74, 6) is 0.721. The maximum absolute atomic E-state index is 6.16. The predicted octanol–water partition coefficient (Wildman–Crippen LogP) is 4.26. The van der Waals surface area contributed by atoms with Crippen molar-refractivity contribution in [1.82, 2.24) is 15.6 Å². The standard InChI is InChI=1S/C16H18Cl2N4.HI/c1-2-19-16(22-11-14-5-3-4-8-20-14)21-10-12-6-7-13(17)9-15(12)18;/h3-9H,2,10-11H2,1H3,(H2,19,21,22);1H. The van der Waals surface area contributed by atoms with Gasteiger partial charge >= 0.3 is 0 Å². The van der Waals surface area contributed by atoms with Gasteiger partial charge in [0.05, 0.1) is 18.8 Å². The van der Waals surface area contributed by atoms with Crippen LogP contribution in [0.1, 0.15) is 18.2 Å². The maximum Gasteiger partial charge on any atom is 0.191 e. The zero-order valence-corrected chi connectivity index (χ0v) is 16.6. The number of benzene rings is 1. The number of hydrogen-bond acceptors (Lipinski definition) is 2. The minimum Gasteiger partial charge on any atom is -0.357 e. The van der Waals surface area contributed by atoms with Crippen molar-refractivity contribution in [2.24, 2.45) is 4.99 Å². The van der Waals surface area contributed by atoms with Crippen molar-refractivity contribution >= 4 is 53.1 Å². The maximum atomic E-state index is 6.16. The molecule has 0 spiro atoms. The Labute approximate surface area is 163 Å². The van der Waals surface area contributed by atoms with Crippen LogP contribution in [0.5, 0.6) is 0 Å². The van der Waals surface area contributed by atoms with Crippen molar-refractivity contribution in [3.05, 3.63) is 63.9 Å². The van der Waals surface area contributed by atoms with Gasteiger partial charge in [0.2, 0.25) is 0 Å². The average Bonchev–Trinajstić information content (AvgIpc) is 2.52. The molecule has 0 aliphatic rings.